The van der Waals surface area contributed by atoms with E-state index in [1.54, 1.807) is 6.92 Å². The van der Waals surface area contributed by atoms with Crippen LogP contribution in [0.15, 0.2) is 71.1 Å². The first kappa shape index (κ1) is 16.5. The highest BCUT2D eigenvalue weighted by molar-refractivity contribution is 5.58. The van der Waals surface area contributed by atoms with Gasteiger partial charge in [0.15, 0.2) is 0 Å². The van der Waals surface area contributed by atoms with E-state index in [1.165, 1.54) is 5.56 Å². The molecule has 124 valence electrons. The van der Waals surface area contributed by atoms with Gasteiger partial charge in [0.05, 0.1) is 12.6 Å². The number of hydrogen-bond acceptors (Lipinski definition) is 3. The SMILES string of the molecule is C[C@@H](O)c1ccc(-c2ccc(CNCCc3ccccc3)o2)cc1. The molecule has 0 amide bonds. The molecule has 1 atom stereocenters. The van der Waals surface area contributed by atoms with Crippen LogP contribution in [-0.4, -0.2) is 11.7 Å². The number of aliphatic hydroxyl groups is 1. The molecule has 0 fully saturated rings. The zero-order valence-electron chi connectivity index (χ0n) is 13.9. The second-order valence-corrected chi connectivity index (χ2v) is 5.98. The summed E-state index contributed by atoms with van der Waals surface area (Å²) >= 11 is 0. The summed E-state index contributed by atoms with van der Waals surface area (Å²) in [6, 6.07) is 22.3. The standard InChI is InChI=1S/C21H23NO2/c1-16(23)18-7-9-19(10-8-18)21-12-11-20(24-21)15-22-14-13-17-5-3-2-4-6-17/h2-12,16,22-23H,13-15H2,1H3/t16-/m1/s1. The molecule has 1 aromatic heterocycles. The van der Waals surface area contributed by atoms with Crippen molar-refractivity contribution in [1.29, 1.82) is 0 Å². The highest BCUT2D eigenvalue weighted by atomic mass is 16.3. The average Bonchev–Trinajstić information content (AvgIpc) is 3.09. The molecule has 0 radical (unpaired) electrons. The van der Waals surface area contributed by atoms with E-state index in [9.17, 15) is 5.11 Å². The monoisotopic (exact) mass is 321 g/mol. The number of nitrogens with one attached hydrogen (secondary N) is 1. The Morgan fingerprint density at radius 1 is 0.958 bits per heavy atom. The van der Waals surface area contributed by atoms with E-state index in [0.29, 0.717) is 0 Å². The molecule has 3 heteroatoms. The molecule has 0 saturated heterocycles. The van der Waals surface area contributed by atoms with Gasteiger partial charge in [-0.25, -0.2) is 0 Å². The van der Waals surface area contributed by atoms with Crippen LogP contribution in [-0.2, 0) is 13.0 Å². The van der Waals surface area contributed by atoms with Crippen LogP contribution in [0.3, 0.4) is 0 Å². The van der Waals surface area contributed by atoms with E-state index in [0.717, 1.165) is 42.2 Å². The van der Waals surface area contributed by atoms with Gasteiger partial charge in [-0.3, -0.25) is 0 Å². The topological polar surface area (TPSA) is 45.4 Å². The molecule has 0 aliphatic heterocycles. The Bertz CT molecular complexity index is 745. The Morgan fingerprint density at radius 3 is 2.42 bits per heavy atom. The summed E-state index contributed by atoms with van der Waals surface area (Å²) in [5, 5.41) is 13.0. The van der Waals surface area contributed by atoms with Crippen molar-refractivity contribution in [3.8, 4) is 11.3 Å². The maximum Gasteiger partial charge on any atom is 0.134 e. The number of furan rings is 1. The van der Waals surface area contributed by atoms with Gasteiger partial charge in [-0.15, -0.1) is 0 Å². The first-order chi connectivity index (χ1) is 11.7. The lowest BCUT2D eigenvalue weighted by atomic mass is 10.1. The van der Waals surface area contributed by atoms with Crippen molar-refractivity contribution in [2.45, 2.75) is 26.0 Å². The van der Waals surface area contributed by atoms with Crippen LogP contribution in [0.2, 0.25) is 0 Å². The molecular weight excluding hydrogens is 298 g/mol. The maximum absolute atomic E-state index is 9.56. The van der Waals surface area contributed by atoms with E-state index in [2.05, 4.69) is 29.6 Å². The molecule has 0 bridgehead atoms. The summed E-state index contributed by atoms with van der Waals surface area (Å²) in [4.78, 5) is 0. The number of benzene rings is 2. The minimum Gasteiger partial charge on any atom is -0.460 e. The summed E-state index contributed by atoms with van der Waals surface area (Å²) in [6.07, 6.45) is 0.565. The van der Waals surface area contributed by atoms with Crippen LogP contribution < -0.4 is 5.32 Å². The average molecular weight is 321 g/mol. The Morgan fingerprint density at radius 2 is 1.71 bits per heavy atom. The van der Waals surface area contributed by atoms with Gasteiger partial charge in [-0.2, -0.15) is 0 Å². The Hall–Kier alpha value is -2.36. The Kier molecular flexibility index (Phi) is 5.47. The third-order valence-electron chi connectivity index (χ3n) is 4.07. The molecule has 3 nitrogen and oxygen atoms in total. The zero-order valence-corrected chi connectivity index (χ0v) is 13.9. The quantitative estimate of drug-likeness (QED) is 0.637. The van der Waals surface area contributed by atoms with Gasteiger partial charge in [-0.1, -0.05) is 54.6 Å². The summed E-state index contributed by atoms with van der Waals surface area (Å²) < 4.78 is 5.90. The molecule has 0 aliphatic carbocycles. The molecule has 0 aliphatic rings. The molecule has 0 spiro atoms. The molecular formula is C21H23NO2. The molecule has 3 rings (SSSR count). The first-order valence-corrected chi connectivity index (χ1v) is 8.34. The molecule has 1 heterocycles. The van der Waals surface area contributed by atoms with Crippen LogP contribution in [0.5, 0.6) is 0 Å². The summed E-state index contributed by atoms with van der Waals surface area (Å²) in [5.41, 5.74) is 3.27. The number of aliphatic hydroxyl groups excluding tert-OH is 1. The van der Waals surface area contributed by atoms with Crippen molar-refractivity contribution < 1.29 is 9.52 Å². The van der Waals surface area contributed by atoms with Crippen LogP contribution >= 0.6 is 0 Å². The van der Waals surface area contributed by atoms with Crippen LogP contribution in [0.25, 0.3) is 11.3 Å². The number of rotatable bonds is 7. The van der Waals surface area contributed by atoms with E-state index in [1.807, 2.05) is 42.5 Å². The highest BCUT2D eigenvalue weighted by Crippen LogP contribution is 2.24. The number of hydrogen-bond donors (Lipinski definition) is 2. The fourth-order valence-corrected chi connectivity index (χ4v) is 2.64. The minimum atomic E-state index is -0.444. The van der Waals surface area contributed by atoms with Crippen molar-refractivity contribution >= 4 is 0 Å². The Labute approximate surface area is 143 Å². The fraction of sp³-hybridized carbons (Fsp3) is 0.238. The predicted octanol–water partition coefficient (Wildman–Crippen LogP) is 4.33. The highest BCUT2D eigenvalue weighted by Gasteiger charge is 2.06. The molecule has 3 aromatic rings. The van der Waals surface area contributed by atoms with Gasteiger partial charge in [0.1, 0.15) is 11.5 Å². The van der Waals surface area contributed by atoms with Gasteiger partial charge in [0.25, 0.3) is 0 Å². The summed E-state index contributed by atoms with van der Waals surface area (Å²) in [5.74, 6) is 1.78. The van der Waals surface area contributed by atoms with Crippen molar-refractivity contribution in [1.82, 2.24) is 5.32 Å². The van der Waals surface area contributed by atoms with Crippen LogP contribution in [0, 0.1) is 0 Å². The lowest BCUT2D eigenvalue weighted by Crippen LogP contribution is -2.16. The van der Waals surface area contributed by atoms with Gasteiger partial charge in [0.2, 0.25) is 0 Å². The minimum absolute atomic E-state index is 0.444. The Balaban J connectivity index is 1.52. The normalized spacial score (nSPS) is 12.2. The van der Waals surface area contributed by atoms with E-state index >= 15 is 0 Å². The van der Waals surface area contributed by atoms with Crippen LogP contribution in [0.1, 0.15) is 29.9 Å². The van der Waals surface area contributed by atoms with Gasteiger partial charge in [-0.05, 0) is 43.1 Å². The lowest BCUT2D eigenvalue weighted by Gasteiger charge is -2.05. The van der Waals surface area contributed by atoms with E-state index in [4.69, 9.17) is 4.42 Å². The molecule has 0 unspecified atom stereocenters. The molecule has 24 heavy (non-hydrogen) atoms. The largest absolute Gasteiger partial charge is 0.460 e. The van der Waals surface area contributed by atoms with Crippen molar-refractivity contribution in [3.63, 3.8) is 0 Å². The van der Waals surface area contributed by atoms with Crippen molar-refractivity contribution in [2.75, 3.05) is 6.54 Å². The van der Waals surface area contributed by atoms with Gasteiger partial charge in [0, 0.05) is 5.56 Å². The molecule has 2 N–H and O–H groups in total. The van der Waals surface area contributed by atoms with E-state index < -0.39 is 6.10 Å². The molecule has 0 saturated carbocycles. The van der Waals surface area contributed by atoms with Gasteiger partial charge >= 0.3 is 0 Å². The third kappa shape index (κ3) is 4.34. The fourth-order valence-electron chi connectivity index (χ4n) is 2.64. The van der Waals surface area contributed by atoms with E-state index in [-0.39, 0.29) is 0 Å². The second-order valence-electron chi connectivity index (χ2n) is 5.98. The summed E-state index contributed by atoms with van der Waals surface area (Å²) in [6.45, 7) is 3.41. The second kappa shape index (κ2) is 7.95. The lowest BCUT2D eigenvalue weighted by molar-refractivity contribution is 0.199. The van der Waals surface area contributed by atoms with Gasteiger partial charge < -0.3 is 14.8 Å². The third-order valence-corrected chi connectivity index (χ3v) is 4.07. The zero-order chi connectivity index (χ0) is 16.8. The van der Waals surface area contributed by atoms with Crippen LogP contribution in [0.4, 0.5) is 0 Å². The van der Waals surface area contributed by atoms with Crippen molar-refractivity contribution in [2.24, 2.45) is 0 Å². The smallest absolute Gasteiger partial charge is 0.134 e. The first-order valence-electron chi connectivity index (χ1n) is 8.34. The maximum atomic E-state index is 9.56. The predicted molar refractivity (Wildman–Crippen MR) is 96.6 cm³/mol. The van der Waals surface area contributed by atoms with Crippen molar-refractivity contribution in [3.05, 3.63) is 83.6 Å². The summed E-state index contributed by atoms with van der Waals surface area (Å²) in [7, 11) is 0. The molecule has 2 aromatic carbocycles.